The SMILES string of the molecule is CCCN1C(=N)C(=Cc2ccc(C(=O)OC)cc2)C(=O)NC1=O. The third-order valence-electron chi connectivity index (χ3n) is 3.33. The van der Waals surface area contributed by atoms with E-state index >= 15 is 0 Å². The molecule has 0 spiro atoms. The Balaban J connectivity index is 2.29. The lowest BCUT2D eigenvalue weighted by Gasteiger charge is -2.28. The fourth-order valence-electron chi connectivity index (χ4n) is 2.16. The first-order valence-electron chi connectivity index (χ1n) is 7.09. The second-order valence-electron chi connectivity index (χ2n) is 4.93. The van der Waals surface area contributed by atoms with Crippen molar-refractivity contribution in [1.29, 1.82) is 5.41 Å². The highest BCUT2D eigenvalue weighted by Crippen LogP contribution is 2.16. The van der Waals surface area contributed by atoms with E-state index < -0.39 is 17.9 Å². The molecule has 0 aromatic heterocycles. The molecule has 1 aromatic rings. The number of carbonyl (C=O) groups is 3. The zero-order valence-corrected chi connectivity index (χ0v) is 12.9. The largest absolute Gasteiger partial charge is 0.465 e. The molecule has 1 fully saturated rings. The van der Waals surface area contributed by atoms with Crippen molar-refractivity contribution < 1.29 is 19.1 Å². The van der Waals surface area contributed by atoms with Gasteiger partial charge in [-0.05, 0) is 30.2 Å². The summed E-state index contributed by atoms with van der Waals surface area (Å²) < 4.78 is 4.62. The summed E-state index contributed by atoms with van der Waals surface area (Å²) in [6.07, 6.45) is 2.18. The van der Waals surface area contributed by atoms with Crippen LogP contribution in [0.1, 0.15) is 29.3 Å². The number of hydrogen-bond acceptors (Lipinski definition) is 5. The van der Waals surface area contributed by atoms with Crippen LogP contribution in [0.4, 0.5) is 4.79 Å². The van der Waals surface area contributed by atoms with Crippen LogP contribution in [0, 0.1) is 5.41 Å². The van der Waals surface area contributed by atoms with Gasteiger partial charge in [-0.25, -0.2) is 9.59 Å². The van der Waals surface area contributed by atoms with Crippen LogP contribution in [-0.2, 0) is 9.53 Å². The number of nitrogens with one attached hydrogen (secondary N) is 2. The first-order chi connectivity index (χ1) is 11.0. The highest BCUT2D eigenvalue weighted by atomic mass is 16.5. The van der Waals surface area contributed by atoms with Crippen LogP contribution in [-0.4, -0.2) is 42.3 Å². The molecule has 1 heterocycles. The summed E-state index contributed by atoms with van der Waals surface area (Å²) in [6, 6.07) is 5.83. The first kappa shape index (κ1) is 16.4. The van der Waals surface area contributed by atoms with Crippen LogP contribution in [0.15, 0.2) is 29.8 Å². The number of amidine groups is 1. The number of amides is 3. The van der Waals surface area contributed by atoms with Gasteiger partial charge in [0.2, 0.25) is 0 Å². The number of nitrogens with zero attached hydrogens (tertiary/aromatic N) is 1. The maximum Gasteiger partial charge on any atom is 0.337 e. The minimum Gasteiger partial charge on any atom is -0.465 e. The van der Waals surface area contributed by atoms with Gasteiger partial charge in [0, 0.05) is 6.54 Å². The van der Waals surface area contributed by atoms with Crippen LogP contribution in [0.2, 0.25) is 0 Å². The molecule has 7 nitrogen and oxygen atoms in total. The van der Waals surface area contributed by atoms with Gasteiger partial charge in [-0.15, -0.1) is 0 Å². The van der Waals surface area contributed by atoms with Crippen LogP contribution in [0.25, 0.3) is 6.08 Å². The summed E-state index contributed by atoms with van der Waals surface area (Å²) in [7, 11) is 1.30. The first-order valence-corrected chi connectivity index (χ1v) is 7.09. The number of urea groups is 1. The standard InChI is InChI=1S/C16H17N3O4/c1-3-8-19-13(17)12(14(20)18-16(19)22)9-10-4-6-11(7-5-10)15(21)23-2/h4-7,9,17H,3,8H2,1-2H3,(H,18,20,22). The van der Waals surface area contributed by atoms with Crippen molar-refractivity contribution in [2.75, 3.05) is 13.7 Å². The van der Waals surface area contributed by atoms with Crippen LogP contribution in [0.3, 0.4) is 0 Å². The van der Waals surface area contributed by atoms with Crippen molar-refractivity contribution >= 4 is 29.8 Å². The van der Waals surface area contributed by atoms with Crippen molar-refractivity contribution in [2.45, 2.75) is 13.3 Å². The molecule has 2 rings (SSSR count). The molecule has 0 bridgehead atoms. The van der Waals surface area contributed by atoms with Gasteiger partial charge in [0.15, 0.2) is 0 Å². The number of hydrogen-bond donors (Lipinski definition) is 2. The number of esters is 1. The zero-order valence-electron chi connectivity index (χ0n) is 12.9. The van der Waals surface area contributed by atoms with Gasteiger partial charge < -0.3 is 4.74 Å². The minimum absolute atomic E-state index is 0.101. The Labute approximate surface area is 133 Å². The van der Waals surface area contributed by atoms with Crippen LogP contribution < -0.4 is 5.32 Å². The number of rotatable bonds is 4. The van der Waals surface area contributed by atoms with Gasteiger partial charge in [0.1, 0.15) is 5.84 Å². The maximum absolute atomic E-state index is 11.9. The lowest BCUT2D eigenvalue weighted by Crippen LogP contribution is -2.54. The molecular formula is C16H17N3O4. The van der Waals surface area contributed by atoms with Crippen LogP contribution in [0.5, 0.6) is 0 Å². The van der Waals surface area contributed by atoms with E-state index in [-0.39, 0.29) is 11.4 Å². The Bertz CT molecular complexity index is 692. The van der Waals surface area contributed by atoms with Crippen molar-refractivity contribution in [1.82, 2.24) is 10.2 Å². The van der Waals surface area contributed by atoms with Gasteiger partial charge >= 0.3 is 12.0 Å². The van der Waals surface area contributed by atoms with Crippen molar-refractivity contribution in [3.8, 4) is 0 Å². The van der Waals surface area contributed by atoms with E-state index in [4.69, 9.17) is 5.41 Å². The molecule has 0 aliphatic carbocycles. The Morgan fingerprint density at radius 2 is 1.96 bits per heavy atom. The van der Waals surface area contributed by atoms with Gasteiger partial charge in [-0.2, -0.15) is 0 Å². The Morgan fingerprint density at radius 1 is 1.30 bits per heavy atom. The highest BCUT2D eigenvalue weighted by Gasteiger charge is 2.32. The molecule has 1 aliphatic heterocycles. The van der Waals surface area contributed by atoms with Crippen molar-refractivity contribution in [3.63, 3.8) is 0 Å². The normalized spacial score (nSPS) is 16.5. The van der Waals surface area contributed by atoms with Gasteiger partial charge in [0.05, 0.1) is 18.2 Å². The molecule has 7 heteroatoms. The lowest BCUT2D eigenvalue weighted by atomic mass is 10.1. The molecule has 120 valence electrons. The molecule has 1 saturated heterocycles. The average molecular weight is 315 g/mol. The summed E-state index contributed by atoms with van der Waals surface area (Å²) >= 11 is 0. The van der Waals surface area contributed by atoms with E-state index in [1.807, 2.05) is 6.92 Å². The predicted molar refractivity (Wildman–Crippen MR) is 84.0 cm³/mol. The topological polar surface area (TPSA) is 99.6 Å². The second kappa shape index (κ2) is 6.87. The molecule has 2 N–H and O–H groups in total. The summed E-state index contributed by atoms with van der Waals surface area (Å²) in [5, 5.41) is 10.3. The van der Waals surface area contributed by atoms with Gasteiger partial charge in [-0.1, -0.05) is 19.1 Å². The third-order valence-corrected chi connectivity index (χ3v) is 3.33. The maximum atomic E-state index is 11.9. The zero-order chi connectivity index (χ0) is 17.0. The molecule has 0 saturated carbocycles. The smallest absolute Gasteiger partial charge is 0.337 e. The number of benzene rings is 1. The van der Waals surface area contributed by atoms with E-state index in [2.05, 4.69) is 10.1 Å². The summed E-state index contributed by atoms with van der Waals surface area (Å²) in [5.74, 6) is -1.19. The van der Waals surface area contributed by atoms with Crippen molar-refractivity contribution in [3.05, 3.63) is 41.0 Å². The quantitative estimate of drug-likeness (QED) is 0.653. The Hall–Kier alpha value is -2.96. The molecule has 3 amide bonds. The monoisotopic (exact) mass is 315 g/mol. The van der Waals surface area contributed by atoms with E-state index in [9.17, 15) is 14.4 Å². The van der Waals surface area contributed by atoms with Gasteiger partial charge in [0.25, 0.3) is 5.91 Å². The number of carbonyl (C=O) groups excluding carboxylic acids is 3. The van der Waals surface area contributed by atoms with Crippen LogP contribution >= 0.6 is 0 Å². The Morgan fingerprint density at radius 3 is 2.52 bits per heavy atom. The molecule has 0 unspecified atom stereocenters. The van der Waals surface area contributed by atoms with E-state index in [1.165, 1.54) is 18.1 Å². The van der Waals surface area contributed by atoms with E-state index in [1.54, 1.807) is 24.3 Å². The number of imide groups is 1. The van der Waals surface area contributed by atoms with E-state index in [0.29, 0.717) is 24.1 Å². The molecule has 1 aliphatic rings. The summed E-state index contributed by atoms with van der Waals surface area (Å²) in [6.45, 7) is 2.24. The molecule has 0 atom stereocenters. The Kier molecular flexibility index (Phi) is 4.90. The fraction of sp³-hybridized carbons (Fsp3) is 0.250. The minimum atomic E-state index is -0.607. The molecule has 23 heavy (non-hydrogen) atoms. The lowest BCUT2D eigenvalue weighted by molar-refractivity contribution is -0.116. The molecule has 1 aromatic carbocycles. The molecular weight excluding hydrogens is 298 g/mol. The fourth-order valence-corrected chi connectivity index (χ4v) is 2.16. The highest BCUT2D eigenvalue weighted by molar-refractivity contribution is 6.31. The van der Waals surface area contributed by atoms with E-state index in [0.717, 1.165) is 0 Å². The second-order valence-corrected chi connectivity index (χ2v) is 4.93. The summed E-state index contributed by atoms with van der Waals surface area (Å²) in [4.78, 5) is 36.3. The van der Waals surface area contributed by atoms with Crippen molar-refractivity contribution in [2.24, 2.45) is 0 Å². The third kappa shape index (κ3) is 3.45. The number of methoxy groups -OCH3 is 1. The summed E-state index contributed by atoms with van der Waals surface area (Å²) in [5.41, 5.74) is 1.13. The predicted octanol–water partition coefficient (Wildman–Crippen LogP) is 1.80. The average Bonchev–Trinajstić information content (AvgIpc) is 2.55. The van der Waals surface area contributed by atoms with Gasteiger partial charge in [-0.3, -0.25) is 20.4 Å². The molecule has 0 radical (unpaired) electrons. The number of ether oxygens (including phenoxy) is 1.